The molecule has 0 radical (unpaired) electrons. The second-order valence-corrected chi connectivity index (χ2v) is 4.42. The smallest absolute Gasteiger partial charge is 0.311 e. The summed E-state index contributed by atoms with van der Waals surface area (Å²) in [4.78, 5) is 11.1. The zero-order valence-electron chi connectivity index (χ0n) is 8.98. The van der Waals surface area contributed by atoms with E-state index < -0.39 is 17.4 Å². The predicted octanol–water partition coefficient (Wildman–Crippen LogP) is 2.27. The Morgan fingerprint density at radius 3 is 2.43 bits per heavy atom. The van der Waals surface area contributed by atoms with E-state index in [4.69, 9.17) is 5.11 Å². The van der Waals surface area contributed by atoms with Gasteiger partial charge in [-0.1, -0.05) is 11.6 Å². The van der Waals surface area contributed by atoms with Crippen LogP contribution in [-0.4, -0.2) is 22.7 Å². The zero-order valence-corrected chi connectivity index (χ0v) is 8.98. The number of carboxylic acids is 1. The fraction of sp³-hybridized carbons (Fsp3) is 0.700. The Bertz CT molecular complexity index is 301. The molecule has 1 aliphatic heterocycles. The molecule has 0 aromatic carbocycles. The Balaban J connectivity index is 2.96. The fourth-order valence-electron chi connectivity index (χ4n) is 1.68. The molecule has 1 heterocycles. The van der Waals surface area contributed by atoms with Gasteiger partial charge in [0.2, 0.25) is 0 Å². The lowest BCUT2D eigenvalue weighted by atomic mass is 9.83. The van der Waals surface area contributed by atoms with E-state index in [0.717, 1.165) is 5.57 Å². The summed E-state index contributed by atoms with van der Waals surface area (Å²) in [7, 11) is 0. The molecular weight excluding hydrogens is 180 g/mol. The van der Waals surface area contributed by atoms with Crippen LogP contribution in [0.5, 0.6) is 0 Å². The minimum Gasteiger partial charge on any atom is -0.481 e. The lowest BCUT2D eigenvalue weighted by molar-refractivity contribution is -0.143. The highest BCUT2D eigenvalue weighted by Crippen LogP contribution is 2.34. The van der Waals surface area contributed by atoms with Gasteiger partial charge in [0.1, 0.15) is 12.0 Å². The summed E-state index contributed by atoms with van der Waals surface area (Å²) < 4.78 is 0. The number of azo groups is 1. The van der Waals surface area contributed by atoms with E-state index >= 15 is 0 Å². The maximum absolute atomic E-state index is 11.1. The van der Waals surface area contributed by atoms with Crippen LogP contribution in [0, 0.1) is 5.92 Å². The molecule has 0 fully saturated rings. The molecule has 2 atom stereocenters. The van der Waals surface area contributed by atoms with Crippen molar-refractivity contribution < 1.29 is 9.90 Å². The highest BCUT2D eigenvalue weighted by molar-refractivity contribution is 5.73. The Morgan fingerprint density at radius 2 is 2.00 bits per heavy atom. The zero-order chi connectivity index (χ0) is 10.9. The first-order valence-corrected chi connectivity index (χ1v) is 4.64. The van der Waals surface area contributed by atoms with Crippen molar-refractivity contribution in [1.82, 2.24) is 0 Å². The van der Waals surface area contributed by atoms with Gasteiger partial charge in [-0.3, -0.25) is 4.79 Å². The number of rotatable bonds is 2. The third kappa shape index (κ3) is 2.00. The molecule has 0 aliphatic carbocycles. The second-order valence-electron chi connectivity index (χ2n) is 4.42. The Kier molecular flexibility index (Phi) is 2.73. The van der Waals surface area contributed by atoms with Gasteiger partial charge >= 0.3 is 5.97 Å². The van der Waals surface area contributed by atoms with Crippen molar-refractivity contribution in [3.8, 4) is 0 Å². The van der Waals surface area contributed by atoms with E-state index in [1.807, 2.05) is 19.9 Å². The summed E-state index contributed by atoms with van der Waals surface area (Å²) in [5.74, 6) is -1.38. The van der Waals surface area contributed by atoms with E-state index in [9.17, 15) is 4.79 Å². The average molecular weight is 196 g/mol. The van der Waals surface area contributed by atoms with Crippen molar-refractivity contribution in [3.05, 3.63) is 11.6 Å². The first-order chi connectivity index (χ1) is 6.34. The van der Waals surface area contributed by atoms with Gasteiger partial charge in [0, 0.05) is 0 Å². The quantitative estimate of drug-likeness (QED) is 0.688. The lowest BCUT2D eigenvalue weighted by Crippen LogP contribution is -2.37. The molecule has 0 bridgehead atoms. The van der Waals surface area contributed by atoms with Crippen LogP contribution in [0.4, 0.5) is 0 Å². The van der Waals surface area contributed by atoms with Crippen molar-refractivity contribution >= 4 is 5.97 Å². The SMILES string of the molecule is CC(C)=CC1N=NC(C)(C)C1C(=O)O. The summed E-state index contributed by atoms with van der Waals surface area (Å²) in [6.07, 6.45) is 1.86. The maximum atomic E-state index is 11.1. The molecule has 1 aliphatic rings. The Morgan fingerprint density at radius 1 is 1.43 bits per heavy atom. The number of carboxylic acid groups (broad SMARTS) is 1. The number of aliphatic carboxylic acids is 1. The van der Waals surface area contributed by atoms with E-state index in [1.54, 1.807) is 13.8 Å². The van der Waals surface area contributed by atoms with E-state index in [2.05, 4.69) is 10.2 Å². The molecule has 0 saturated heterocycles. The average Bonchev–Trinajstić information content (AvgIpc) is 2.24. The minimum atomic E-state index is -0.831. The van der Waals surface area contributed by atoms with Crippen LogP contribution >= 0.6 is 0 Å². The lowest BCUT2D eigenvalue weighted by Gasteiger charge is -2.21. The number of allylic oxidation sites excluding steroid dienone is 1. The normalized spacial score (nSPS) is 28.9. The van der Waals surface area contributed by atoms with Crippen molar-refractivity contribution in [2.45, 2.75) is 39.3 Å². The van der Waals surface area contributed by atoms with Crippen LogP contribution in [0.25, 0.3) is 0 Å². The standard InChI is InChI=1S/C10H16N2O2/c1-6(2)5-7-8(9(13)14)10(3,4)12-11-7/h5,7-8H,1-4H3,(H,13,14). The number of nitrogens with zero attached hydrogens (tertiary/aromatic N) is 2. The van der Waals surface area contributed by atoms with Gasteiger partial charge in [0.05, 0.1) is 5.54 Å². The molecule has 1 N–H and O–H groups in total. The molecule has 0 aromatic rings. The highest BCUT2D eigenvalue weighted by Gasteiger charge is 2.45. The van der Waals surface area contributed by atoms with Crippen molar-refractivity contribution in [2.75, 3.05) is 0 Å². The summed E-state index contributed by atoms with van der Waals surface area (Å²) in [5.41, 5.74) is 0.473. The molecular formula is C10H16N2O2. The summed E-state index contributed by atoms with van der Waals surface area (Å²) in [6, 6.07) is -0.313. The van der Waals surface area contributed by atoms with Crippen LogP contribution in [-0.2, 0) is 4.79 Å². The van der Waals surface area contributed by atoms with Gasteiger partial charge in [-0.25, -0.2) is 0 Å². The number of carbonyl (C=O) groups is 1. The van der Waals surface area contributed by atoms with Crippen LogP contribution in [0.15, 0.2) is 21.9 Å². The van der Waals surface area contributed by atoms with Crippen LogP contribution in [0.3, 0.4) is 0 Å². The predicted molar refractivity (Wildman–Crippen MR) is 53.3 cm³/mol. The number of hydrogen-bond donors (Lipinski definition) is 1. The number of hydrogen-bond acceptors (Lipinski definition) is 3. The first-order valence-electron chi connectivity index (χ1n) is 4.64. The van der Waals surface area contributed by atoms with E-state index in [1.165, 1.54) is 0 Å². The third-order valence-electron chi connectivity index (χ3n) is 2.32. The molecule has 14 heavy (non-hydrogen) atoms. The van der Waals surface area contributed by atoms with Gasteiger partial charge < -0.3 is 5.11 Å². The van der Waals surface area contributed by atoms with Crippen LogP contribution < -0.4 is 0 Å². The molecule has 4 heteroatoms. The largest absolute Gasteiger partial charge is 0.481 e. The van der Waals surface area contributed by atoms with E-state index in [-0.39, 0.29) is 6.04 Å². The molecule has 4 nitrogen and oxygen atoms in total. The van der Waals surface area contributed by atoms with Gasteiger partial charge in [-0.2, -0.15) is 10.2 Å². The van der Waals surface area contributed by atoms with Crippen molar-refractivity contribution in [2.24, 2.45) is 16.1 Å². The molecule has 0 aromatic heterocycles. The summed E-state index contributed by atoms with van der Waals surface area (Å²) in [5, 5.41) is 17.1. The van der Waals surface area contributed by atoms with Crippen molar-refractivity contribution in [3.63, 3.8) is 0 Å². The molecule has 0 saturated carbocycles. The summed E-state index contributed by atoms with van der Waals surface area (Å²) >= 11 is 0. The molecule has 2 unspecified atom stereocenters. The Labute approximate surface area is 83.7 Å². The monoisotopic (exact) mass is 196 g/mol. The molecule has 0 spiro atoms. The van der Waals surface area contributed by atoms with E-state index in [0.29, 0.717) is 0 Å². The van der Waals surface area contributed by atoms with Crippen LogP contribution in [0.1, 0.15) is 27.7 Å². The molecule has 0 amide bonds. The molecule has 1 rings (SSSR count). The summed E-state index contributed by atoms with van der Waals surface area (Å²) in [6.45, 7) is 7.46. The minimum absolute atomic E-state index is 0.313. The molecule has 78 valence electrons. The fourth-order valence-corrected chi connectivity index (χ4v) is 1.68. The highest BCUT2D eigenvalue weighted by atomic mass is 16.4. The van der Waals surface area contributed by atoms with Gasteiger partial charge in [-0.15, -0.1) is 0 Å². The third-order valence-corrected chi connectivity index (χ3v) is 2.32. The first kappa shape index (κ1) is 10.9. The van der Waals surface area contributed by atoms with Crippen LogP contribution in [0.2, 0.25) is 0 Å². The Hall–Kier alpha value is -1.19. The second kappa shape index (κ2) is 3.52. The van der Waals surface area contributed by atoms with Crippen molar-refractivity contribution in [1.29, 1.82) is 0 Å². The van der Waals surface area contributed by atoms with Gasteiger partial charge in [-0.05, 0) is 27.7 Å². The maximum Gasteiger partial charge on any atom is 0.311 e. The van der Waals surface area contributed by atoms with Gasteiger partial charge in [0.15, 0.2) is 0 Å². The van der Waals surface area contributed by atoms with Gasteiger partial charge in [0.25, 0.3) is 0 Å². The topological polar surface area (TPSA) is 62.0 Å².